The number of aromatic nitrogens is 1. The van der Waals surface area contributed by atoms with Crippen molar-refractivity contribution in [1.29, 1.82) is 0 Å². The average molecular weight is 417 g/mol. The highest BCUT2D eigenvalue weighted by Crippen LogP contribution is 2.58. The summed E-state index contributed by atoms with van der Waals surface area (Å²) in [5.41, 5.74) is 7.01. The van der Waals surface area contributed by atoms with Crippen molar-refractivity contribution in [2.75, 3.05) is 25.1 Å². The molecule has 3 fully saturated rings. The van der Waals surface area contributed by atoms with Gasteiger partial charge in [-0.1, -0.05) is 0 Å². The Morgan fingerprint density at radius 2 is 2.03 bits per heavy atom. The van der Waals surface area contributed by atoms with E-state index in [2.05, 4.69) is 16.6 Å². The largest absolute Gasteiger partial charge is 0.511 e. The Morgan fingerprint density at radius 3 is 2.57 bits per heavy atom. The number of rotatable bonds is 4. The first kappa shape index (κ1) is 19.2. The number of alkyl halides is 1. The third-order valence-electron chi connectivity index (χ3n) is 6.95. The molecule has 1 spiro atoms. The van der Waals surface area contributed by atoms with Crippen LogP contribution in [-0.2, 0) is 0 Å². The number of hydrogen-bond acceptors (Lipinski definition) is 6. The average Bonchev–Trinajstić information content (AvgIpc) is 3.58. The van der Waals surface area contributed by atoms with Gasteiger partial charge in [-0.25, -0.2) is 9.18 Å². The lowest BCUT2D eigenvalue weighted by Gasteiger charge is -2.26. The monoisotopic (exact) mass is 417 g/mol. The maximum absolute atomic E-state index is 14.0. The van der Waals surface area contributed by atoms with Gasteiger partial charge >= 0.3 is 6.16 Å². The van der Waals surface area contributed by atoms with Crippen LogP contribution in [0.3, 0.4) is 0 Å². The quantitative estimate of drug-likeness (QED) is 0.737. The SMILES string of the molecule is COc1c(N2CC3(CC3)[C@](C)(N)C2)ccc2c(=O)c(OC(=O)O)cn([C@@H]3C[C@@H]3F)c12. The number of methoxy groups -OCH3 is 1. The molecule has 0 radical (unpaired) electrons. The van der Waals surface area contributed by atoms with Crippen LogP contribution in [0.2, 0.25) is 0 Å². The van der Waals surface area contributed by atoms with Crippen LogP contribution in [0, 0.1) is 5.41 Å². The molecule has 1 saturated heterocycles. The molecule has 2 saturated carbocycles. The molecular formula is C21H24FN3O5. The molecular weight excluding hydrogens is 393 g/mol. The Bertz CT molecular complexity index is 1120. The van der Waals surface area contributed by atoms with Gasteiger partial charge in [0.25, 0.3) is 0 Å². The Labute approximate surface area is 172 Å². The molecule has 3 aliphatic rings. The first-order valence-electron chi connectivity index (χ1n) is 10.0. The van der Waals surface area contributed by atoms with Crippen LogP contribution in [0.25, 0.3) is 10.9 Å². The summed E-state index contributed by atoms with van der Waals surface area (Å²) < 4.78 is 26.0. The van der Waals surface area contributed by atoms with Crippen molar-refractivity contribution in [2.45, 2.75) is 43.9 Å². The fourth-order valence-electron chi connectivity index (χ4n) is 4.92. The summed E-state index contributed by atoms with van der Waals surface area (Å²) in [6.45, 7) is 3.51. The third-order valence-corrected chi connectivity index (χ3v) is 6.95. The van der Waals surface area contributed by atoms with Gasteiger partial charge in [-0.3, -0.25) is 4.79 Å². The van der Waals surface area contributed by atoms with Gasteiger partial charge in [-0.2, -0.15) is 0 Å². The lowest BCUT2D eigenvalue weighted by molar-refractivity contribution is 0.143. The standard InChI is InChI=1S/C21H24FN3O5/c1-20(23)9-24(10-21(20)5-6-21)13-4-3-11-16(18(13)29-2)25(14-7-12(14)22)8-15(17(11)26)30-19(27)28/h3-4,8,12,14H,5-7,9-10,23H2,1-2H3,(H,27,28)/t12-,14+,20+/m0/s1. The zero-order chi connectivity index (χ0) is 21.4. The Kier molecular flexibility index (Phi) is 3.90. The summed E-state index contributed by atoms with van der Waals surface area (Å²) in [6, 6.07) is 2.91. The normalized spacial score (nSPS) is 28.7. The van der Waals surface area contributed by atoms with E-state index in [9.17, 15) is 14.0 Å². The smallest absolute Gasteiger partial charge is 0.492 e. The van der Waals surface area contributed by atoms with E-state index >= 15 is 0 Å². The van der Waals surface area contributed by atoms with Gasteiger partial charge in [0.1, 0.15) is 6.17 Å². The summed E-state index contributed by atoms with van der Waals surface area (Å²) in [4.78, 5) is 26.1. The van der Waals surface area contributed by atoms with Crippen molar-refractivity contribution in [3.63, 3.8) is 0 Å². The summed E-state index contributed by atoms with van der Waals surface area (Å²) in [5, 5.41) is 9.19. The predicted molar refractivity (Wildman–Crippen MR) is 108 cm³/mol. The van der Waals surface area contributed by atoms with E-state index in [4.69, 9.17) is 15.6 Å². The van der Waals surface area contributed by atoms with E-state index in [1.165, 1.54) is 13.3 Å². The number of anilines is 1. The number of carboxylic acid groups (broad SMARTS) is 1. The molecule has 1 aliphatic heterocycles. The Hall–Kier alpha value is -2.81. The van der Waals surface area contributed by atoms with E-state index in [-0.39, 0.29) is 28.5 Å². The first-order valence-corrected chi connectivity index (χ1v) is 10.0. The molecule has 2 aromatic rings. The number of benzene rings is 1. The van der Waals surface area contributed by atoms with Crippen molar-refractivity contribution in [2.24, 2.45) is 11.1 Å². The zero-order valence-corrected chi connectivity index (χ0v) is 16.9. The number of fused-ring (bicyclic) bond motifs is 1. The van der Waals surface area contributed by atoms with E-state index in [1.54, 1.807) is 16.7 Å². The van der Waals surface area contributed by atoms with Gasteiger partial charge in [0.05, 0.1) is 35.9 Å². The summed E-state index contributed by atoms with van der Waals surface area (Å²) in [6.07, 6.45) is 1.05. The number of hydrogen-bond donors (Lipinski definition) is 2. The number of carbonyl (C=O) groups is 1. The number of halogens is 1. The molecule has 0 unspecified atom stereocenters. The molecule has 2 heterocycles. The molecule has 3 N–H and O–H groups in total. The Balaban J connectivity index is 1.70. The van der Waals surface area contributed by atoms with Crippen molar-refractivity contribution < 1.29 is 23.8 Å². The van der Waals surface area contributed by atoms with E-state index < -0.39 is 23.8 Å². The zero-order valence-electron chi connectivity index (χ0n) is 16.9. The minimum Gasteiger partial charge on any atom is -0.492 e. The van der Waals surface area contributed by atoms with Gasteiger partial charge in [0.2, 0.25) is 5.43 Å². The second-order valence-corrected chi connectivity index (χ2v) is 8.98. The molecule has 8 nitrogen and oxygen atoms in total. The molecule has 9 heteroatoms. The fourth-order valence-corrected chi connectivity index (χ4v) is 4.92. The maximum Gasteiger partial charge on any atom is 0.511 e. The van der Waals surface area contributed by atoms with Gasteiger partial charge in [-0.15, -0.1) is 0 Å². The van der Waals surface area contributed by atoms with E-state index in [0.29, 0.717) is 17.8 Å². The maximum atomic E-state index is 14.0. The summed E-state index contributed by atoms with van der Waals surface area (Å²) in [7, 11) is 1.51. The Morgan fingerprint density at radius 1 is 1.33 bits per heavy atom. The van der Waals surface area contributed by atoms with Crippen LogP contribution in [0.5, 0.6) is 11.5 Å². The molecule has 30 heavy (non-hydrogen) atoms. The van der Waals surface area contributed by atoms with Crippen molar-refractivity contribution in [3.8, 4) is 11.5 Å². The van der Waals surface area contributed by atoms with Crippen LogP contribution < -0.4 is 25.5 Å². The molecule has 0 bridgehead atoms. The molecule has 3 atom stereocenters. The van der Waals surface area contributed by atoms with Gasteiger partial charge < -0.3 is 29.8 Å². The molecule has 5 rings (SSSR count). The molecule has 1 aromatic carbocycles. The topological polar surface area (TPSA) is 107 Å². The molecule has 2 aliphatic carbocycles. The van der Waals surface area contributed by atoms with Crippen molar-refractivity contribution >= 4 is 22.7 Å². The highest BCUT2D eigenvalue weighted by Gasteiger charge is 2.60. The summed E-state index contributed by atoms with van der Waals surface area (Å²) in [5.74, 6) is 0.107. The number of pyridine rings is 1. The van der Waals surface area contributed by atoms with Gasteiger partial charge in [-0.05, 0) is 31.9 Å². The van der Waals surface area contributed by atoms with Crippen LogP contribution in [0.15, 0.2) is 23.1 Å². The first-order chi connectivity index (χ1) is 14.2. The van der Waals surface area contributed by atoms with Crippen LogP contribution in [0.4, 0.5) is 14.9 Å². The number of nitrogens with two attached hydrogens (primary N) is 1. The molecule has 1 aromatic heterocycles. The van der Waals surface area contributed by atoms with E-state index in [1.807, 2.05) is 0 Å². The minimum absolute atomic E-state index is 0.0896. The predicted octanol–water partition coefficient (Wildman–Crippen LogP) is 2.67. The minimum atomic E-state index is -1.59. The fraction of sp³-hybridized carbons (Fsp3) is 0.524. The van der Waals surface area contributed by atoms with Crippen LogP contribution >= 0.6 is 0 Å². The van der Waals surface area contributed by atoms with Crippen LogP contribution in [0.1, 0.15) is 32.2 Å². The van der Waals surface area contributed by atoms with Crippen molar-refractivity contribution in [3.05, 3.63) is 28.6 Å². The van der Waals surface area contributed by atoms with Gasteiger partial charge in [0.15, 0.2) is 11.5 Å². The lowest BCUT2D eigenvalue weighted by atomic mass is 9.87. The number of ether oxygens (including phenoxy) is 2. The molecule has 0 amide bonds. The highest BCUT2D eigenvalue weighted by molar-refractivity contribution is 5.92. The van der Waals surface area contributed by atoms with Gasteiger partial charge in [0, 0.05) is 30.5 Å². The third kappa shape index (κ3) is 2.68. The highest BCUT2D eigenvalue weighted by atomic mass is 19.1. The summed E-state index contributed by atoms with van der Waals surface area (Å²) >= 11 is 0. The second-order valence-electron chi connectivity index (χ2n) is 8.98. The lowest BCUT2D eigenvalue weighted by Crippen LogP contribution is -2.45. The second kappa shape index (κ2) is 6.10. The molecule has 160 valence electrons. The van der Waals surface area contributed by atoms with Crippen LogP contribution in [-0.4, -0.2) is 47.7 Å². The van der Waals surface area contributed by atoms with E-state index in [0.717, 1.165) is 25.1 Å². The number of nitrogens with zero attached hydrogens (tertiary/aromatic N) is 2. The van der Waals surface area contributed by atoms with Crippen molar-refractivity contribution in [1.82, 2.24) is 4.57 Å².